The summed E-state index contributed by atoms with van der Waals surface area (Å²) in [7, 11) is 0. The largest absolute Gasteiger partial charge is 0.459 e. The van der Waals surface area contributed by atoms with E-state index >= 15 is 0 Å². The van der Waals surface area contributed by atoms with Gasteiger partial charge in [0.25, 0.3) is 5.91 Å². The lowest BCUT2D eigenvalue weighted by atomic mass is 10.0. The molecule has 8 heteroatoms. The Labute approximate surface area is 156 Å². The van der Waals surface area contributed by atoms with E-state index in [1.165, 1.54) is 18.4 Å². The van der Waals surface area contributed by atoms with Crippen LogP contribution in [0.5, 0.6) is 0 Å². The van der Waals surface area contributed by atoms with Gasteiger partial charge in [-0.05, 0) is 42.0 Å². The molecule has 0 bridgehead atoms. The Morgan fingerprint density at radius 2 is 1.96 bits per heavy atom. The molecule has 3 rings (SSSR count). The number of thiocarbonyl (C=S) groups is 1. The SMILES string of the molecule is O=C(NC(=S)NC[C@@H](c1ccc(F)cc1)N1CCOCC1)c1ccco1. The second kappa shape index (κ2) is 8.88. The van der Waals surface area contributed by atoms with E-state index < -0.39 is 5.91 Å². The number of nitrogens with one attached hydrogen (secondary N) is 2. The fraction of sp³-hybridized carbons (Fsp3) is 0.333. The second-order valence-corrected chi connectivity index (χ2v) is 6.27. The highest BCUT2D eigenvalue weighted by Crippen LogP contribution is 2.21. The number of morpholine rings is 1. The molecule has 2 aromatic rings. The quantitative estimate of drug-likeness (QED) is 0.778. The minimum absolute atomic E-state index is 0.0158. The highest BCUT2D eigenvalue weighted by atomic mass is 32.1. The summed E-state index contributed by atoms with van der Waals surface area (Å²) in [4.78, 5) is 14.2. The van der Waals surface area contributed by atoms with Crippen molar-refractivity contribution < 1.29 is 18.3 Å². The van der Waals surface area contributed by atoms with Crippen molar-refractivity contribution in [2.24, 2.45) is 0 Å². The van der Waals surface area contributed by atoms with E-state index in [0.29, 0.717) is 19.8 Å². The molecule has 2 N–H and O–H groups in total. The van der Waals surface area contributed by atoms with Crippen LogP contribution in [0.2, 0.25) is 0 Å². The molecule has 1 aromatic heterocycles. The molecule has 1 aromatic carbocycles. The van der Waals surface area contributed by atoms with Crippen molar-refractivity contribution in [3.05, 3.63) is 59.8 Å². The van der Waals surface area contributed by atoms with Crippen molar-refractivity contribution in [3.8, 4) is 0 Å². The van der Waals surface area contributed by atoms with Crippen LogP contribution in [0.4, 0.5) is 4.39 Å². The van der Waals surface area contributed by atoms with Crippen LogP contribution in [-0.4, -0.2) is 48.8 Å². The van der Waals surface area contributed by atoms with Gasteiger partial charge in [-0.1, -0.05) is 12.1 Å². The Morgan fingerprint density at radius 3 is 2.62 bits per heavy atom. The van der Waals surface area contributed by atoms with Gasteiger partial charge in [0.15, 0.2) is 10.9 Å². The van der Waals surface area contributed by atoms with Gasteiger partial charge in [0.2, 0.25) is 0 Å². The number of furan rings is 1. The molecule has 1 saturated heterocycles. The minimum atomic E-state index is -0.405. The third-order valence-corrected chi connectivity index (χ3v) is 4.42. The number of ether oxygens (including phenoxy) is 1. The molecule has 1 fully saturated rings. The van der Waals surface area contributed by atoms with Gasteiger partial charge in [-0.25, -0.2) is 4.39 Å². The summed E-state index contributed by atoms with van der Waals surface area (Å²) in [6, 6.07) is 9.60. The summed E-state index contributed by atoms with van der Waals surface area (Å²) < 4.78 is 23.7. The molecular weight excluding hydrogens is 357 g/mol. The number of benzene rings is 1. The third-order valence-electron chi connectivity index (χ3n) is 4.17. The molecule has 26 heavy (non-hydrogen) atoms. The molecule has 1 amide bonds. The molecule has 0 unspecified atom stereocenters. The maximum Gasteiger partial charge on any atom is 0.293 e. The summed E-state index contributed by atoms with van der Waals surface area (Å²) in [6.45, 7) is 3.32. The molecular formula is C18H20FN3O3S. The van der Waals surface area contributed by atoms with Gasteiger partial charge in [0, 0.05) is 19.6 Å². The number of nitrogens with zero attached hydrogens (tertiary/aromatic N) is 1. The molecule has 2 heterocycles. The number of hydrogen-bond acceptors (Lipinski definition) is 5. The predicted molar refractivity (Wildman–Crippen MR) is 98.3 cm³/mol. The van der Waals surface area contributed by atoms with Crippen LogP contribution in [0, 0.1) is 5.82 Å². The molecule has 0 radical (unpaired) electrons. The van der Waals surface area contributed by atoms with Crippen LogP contribution in [0.15, 0.2) is 47.1 Å². The standard InChI is InChI=1S/C18H20FN3O3S/c19-14-5-3-13(4-6-14)15(22-7-10-24-11-8-22)12-20-18(26)21-17(23)16-2-1-9-25-16/h1-6,9,15H,7-8,10-12H2,(H2,20,21,23,26)/t15-/m0/s1. The van der Waals surface area contributed by atoms with Gasteiger partial charge < -0.3 is 14.5 Å². The molecule has 1 aliphatic rings. The summed E-state index contributed by atoms with van der Waals surface area (Å²) >= 11 is 5.21. The number of hydrogen-bond donors (Lipinski definition) is 2. The Balaban J connectivity index is 1.62. The molecule has 6 nitrogen and oxygen atoms in total. The van der Waals surface area contributed by atoms with Crippen LogP contribution < -0.4 is 10.6 Å². The molecule has 0 spiro atoms. The zero-order valence-corrected chi connectivity index (χ0v) is 14.9. The Hall–Kier alpha value is -2.29. The number of rotatable bonds is 5. The van der Waals surface area contributed by atoms with Crippen LogP contribution in [-0.2, 0) is 4.74 Å². The van der Waals surface area contributed by atoms with Crippen LogP contribution in [0.1, 0.15) is 22.2 Å². The highest BCUT2D eigenvalue weighted by molar-refractivity contribution is 7.80. The average Bonchev–Trinajstić information content (AvgIpc) is 3.19. The van der Waals surface area contributed by atoms with Crippen molar-refractivity contribution in [1.29, 1.82) is 0 Å². The fourth-order valence-electron chi connectivity index (χ4n) is 2.84. The van der Waals surface area contributed by atoms with E-state index in [0.717, 1.165) is 18.7 Å². The second-order valence-electron chi connectivity index (χ2n) is 5.86. The Bertz CT molecular complexity index is 731. The first-order valence-electron chi connectivity index (χ1n) is 8.33. The van der Waals surface area contributed by atoms with E-state index in [4.69, 9.17) is 21.4 Å². The summed E-state index contributed by atoms with van der Waals surface area (Å²) in [6.07, 6.45) is 1.42. The summed E-state index contributed by atoms with van der Waals surface area (Å²) in [5, 5.41) is 5.87. The zero-order valence-electron chi connectivity index (χ0n) is 14.1. The first-order chi connectivity index (χ1) is 12.6. The van der Waals surface area contributed by atoms with Gasteiger partial charge in [0.05, 0.1) is 25.5 Å². The maximum atomic E-state index is 13.3. The Morgan fingerprint density at radius 1 is 1.23 bits per heavy atom. The average molecular weight is 377 g/mol. The summed E-state index contributed by atoms with van der Waals surface area (Å²) in [5.74, 6) is -0.488. The molecule has 0 saturated carbocycles. The van der Waals surface area contributed by atoms with Crippen molar-refractivity contribution in [3.63, 3.8) is 0 Å². The first kappa shape index (κ1) is 18.5. The lowest BCUT2D eigenvalue weighted by molar-refractivity contribution is 0.0170. The van der Waals surface area contributed by atoms with Gasteiger partial charge >= 0.3 is 0 Å². The lowest BCUT2D eigenvalue weighted by Crippen LogP contribution is -2.46. The molecule has 1 atom stereocenters. The number of halogens is 1. The molecule has 138 valence electrons. The lowest BCUT2D eigenvalue weighted by Gasteiger charge is -2.35. The van der Waals surface area contributed by atoms with Gasteiger partial charge in [-0.15, -0.1) is 0 Å². The monoisotopic (exact) mass is 377 g/mol. The number of amides is 1. The zero-order chi connectivity index (χ0) is 18.4. The van der Waals surface area contributed by atoms with Crippen LogP contribution >= 0.6 is 12.2 Å². The summed E-state index contributed by atoms with van der Waals surface area (Å²) in [5.41, 5.74) is 0.973. The van der Waals surface area contributed by atoms with Crippen molar-refractivity contribution in [2.45, 2.75) is 6.04 Å². The smallest absolute Gasteiger partial charge is 0.293 e. The number of carbonyl (C=O) groups is 1. The fourth-order valence-corrected chi connectivity index (χ4v) is 3.01. The topological polar surface area (TPSA) is 66.7 Å². The predicted octanol–water partition coefficient (Wildman–Crippen LogP) is 2.10. The van der Waals surface area contributed by atoms with Gasteiger partial charge in [-0.3, -0.25) is 15.0 Å². The van der Waals surface area contributed by atoms with Crippen molar-refractivity contribution in [1.82, 2.24) is 15.5 Å². The Kier molecular flexibility index (Phi) is 6.32. The van der Waals surface area contributed by atoms with Crippen molar-refractivity contribution >= 4 is 23.2 Å². The third kappa shape index (κ3) is 4.87. The van der Waals surface area contributed by atoms with E-state index in [1.54, 1.807) is 24.3 Å². The van der Waals surface area contributed by atoms with E-state index in [1.807, 2.05) is 0 Å². The van der Waals surface area contributed by atoms with Crippen LogP contribution in [0.25, 0.3) is 0 Å². The number of carbonyl (C=O) groups excluding carboxylic acids is 1. The highest BCUT2D eigenvalue weighted by Gasteiger charge is 2.23. The first-order valence-corrected chi connectivity index (χ1v) is 8.74. The van der Waals surface area contributed by atoms with E-state index in [2.05, 4.69) is 15.5 Å². The molecule has 1 aliphatic heterocycles. The molecule has 0 aliphatic carbocycles. The minimum Gasteiger partial charge on any atom is -0.459 e. The normalized spacial score (nSPS) is 16.0. The van der Waals surface area contributed by atoms with Crippen LogP contribution in [0.3, 0.4) is 0 Å². The van der Waals surface area contributed by atoms with E-state index in [9.17, 15) is 9.18 Å². The van der Waals surface area contributed by atoms with Gasteiger partial charge in [0.1, 0.15) is 5.82 Å². The maximum absolute atomic E-state index is 13.3. The van der Waals surface area contributed by atoms with E-state index in [-0.39, 0.29) is 22.7 Å². The van der Waals surface area contributed by atoms with Gasteiger partial charge in [-0.2, -0.15) is 0 Å². The van der Waals surface area contributed by atoms with Crippen molar-refractivity contribution in [2.75, 3.05) is 32.8 Å².